The van der Waals surface area contributed by atoms with Crippen molar-refractivity contribution in [3.8, 4) is 0 Å². The molecule has 0 aliphatic heterocycles. The quantitative estimate of drug-likeness (QED) is 0.0827. The van der Waals surface area contributed by atoms with E-state index in [0.29, 0.717) is 23.2 Å². The molecule has 0 spiro atoms. The molecule has 3 rings (SSSR count). The fraction of sp³-hybridized carbons (Fsp3) is 0.462. The van der Waals surface area contributed by atoms with Crippen LogP contribution in [0.4, 0.5) is 5.95 Å². The maximum atomic E-state index is 12.2. The Kier molecular flexibility index (Phi) is 12.8. The number of aryl methyl sites for hydroxylation is 1. The average molecular weight is 591 g/mol. The molecule has 0 radical (unpaired) electrons. The number of aromatic nitrogens is 4. The Morgan fingerprint density at radius 2 is 1.90 bits per heavy atom. The Morgan fingerprint density at radius 3 is 2.67 bits per heavy atom. The van der Waals surface area contributed by atoms with Gasteiger partial charge in [-0.25, -0.2) is 9.78 Å². The number of hydrogen-bond acceptors (Lipinski definition) is 10. The molecule has 0 saturated carbocycles. The molecule has 0 aliphatic carbocycles. The number of nitrogens with one attached hydrogen (secondary N) is 3. The maximum absolute atomic E-state index is 12.2. The van der Waals surface area contributed by atoms with Crippen LogP contribution in [0.3, 0.4) is 0 Å². The van der Waals surface area contributed by atoms with E-state index in [1.165, 1.54) is 21.6 Å². The van der Waals surface area contributed by atoms with Crippen LogP contribution in [0.2, 0.25) is 0 Å². The standard InChI is InChI=1S/C26H34N6O6S2/c27-26-31-23-18(24(35)32-26)16-17(29-23)8-4-2-1-3-5-9-20(33)30-19(25(36)37)11-12-22(34)38-14-15-39-40-21-10-6-7-13-28-21/h6-7,10,13,16,19H,1-5,8-9,11-12,14-15H2,(H,30,33)(H,36,37)(H4,27,29,31,32,35)/t19-/m0/s1. The van der Waals surface area contributed by atoms with Crippen LogP contribution in [0.5, 0.6) is 0 Å². The molecule has 0 aliphatic rings. The summed E-state index contributed by atoms with van der Waals surface area (Å²) in [6.45, 7) is 0.210. The number of anilines is 1. The number of carboxylic acids is 1. The summed E-state index contributed by atoms with van der Waals surface area (Å²) >= 11 is 0. The van der Waals surface area contributed by atoms with Gasteiger partial charge in [0.15, 0.2) is 0 Å². The molecule has 216 valence electrons. The van der Waals surface area contributed by atoms with Crippen molar-refractivity contribution in [2.24, 2.45) is 0 Å². The average Bonchev–Trinajstić information content (AvgIpc) is 3.33. The van der Waals surface area contributed by atoms with Gasteiger partial charge in [-0.15, -0.1) is 0 Å². The second-order valence-corrected chi connectivity index (χ2v) is 11.5. The number of amides is 1. The molecule has 12 nitrogen and oxygen atoms in total. The summed E-state index contributed by atoms with van der Waals surface area (Å²) in [6.07, 6.45) is 6.82. The number of fused-ring (bicyclic) bond motifs is 1. The van der Waals surface area contributed by atoms with E-state index in [2.05, 4.69) is 25.3 Å². The highest BCUT2D eigenvalue weighted by atomic mass is 33.1. The first-order valence-electron chi connectivity index (χ1n) is 13.1. The second kappa shape index (κ2) is 16.6. The largest absolute Gasteiger partial charge is 0.480 e. The number of nitrogens with zero attached hydrogens (tertiary/aromatic N) is 2. The number of nitrogens with two attached hydrogens (primary N) is 1. The van der Waals surface area contributed by atoms with Crippen molar-refractivity contribution in [3.05, 3.63) is 46.5 Å². The Morgan fingerprint density at radius 1 is 1.10 bits per heavy atom. The molecule has 0 unspecified atom stereocenters. The van der Waals surface area contributed by atoms with Crippen molar-refractivity contribution >= 4 is 56.4 Å². The van der Waals surface area contributed by atoms with Gasteiger partial charge in [-0.05, 0) is 54.7 Å². The van der Waals surface area contributed by atoms with Crippen LogP contribution < -0.4 is 16.6 Å². The molecule has 1 amide bonds. The first kappa shape index (κ1) is 31.0. The summed E-state index contributed by atoms with van der Waals surface area (Å²) < 4.78 is 5.16. The monoisotopic (exact) mass is 590 g/mol. The number of aromatic amines is 2. The number of aliphatic carboxylic acids is 1. The van der Waals surface area contributed by atoms with Gasteiger partial charge in [-0.2, -0.15) is 4.98 Å². The van der Waals surface area contributed by atoms with Gasteiger partial charge in [0.05, 0.1) is 5.39 Å². The fourth-order valence-electron chi connectivity index (χ4n) is 3.90. The van der Waals surface area contributed by atoms with Gasteiger partial charge in [-0.3, -0.25) is 19.4 Å². The van der Waals surface area contributed by atoms with Crippen LogP contribution in [-0.2, 0) is 25.5 Å². The first-order valence-corrected chi connectivity index (χ1v) is 15.4. The molecule has 6 N–H and O–H groups in total. The van der Waals surface area contributed by atoms with Gasteiger partial charge in [0.1, 0.15) is 23.3 Å². The Labute approximate surface area is 239 Å². The number of nitrogen functional groups attached to an aromatic ring is 1. The fourth-order valence-corrected chi connectivity index (χ4v) is 5.61. The number of carbonyl (C=O) groups is 3. The number of hydrogen-bond donors (Lipinski definition) is 5. The lowest BCUT2D eigenvalue weighted by Gasteiger charge is -2.14. The minimum Gasteiger partial charge on any atom is -0.480 e. The predicted octanol–water partition coefficient (Wildman–Crippen LogP) is 3.44. The van der Waals surface area contributed by atoms with Crippen LogP contribution >= 0.6 is 21.6 Å². The zero-order valence-corrected chi connectivity index (χ0v) is 23.7. The summed E-state index contributed by atoms with van der Waals surface area (Å²) in [5, 5.41) is 13.3. The molecule has 40 heavy (non-hydrogen) atoms. The molecule has 0 bridgehead atoms. The molecule has 14 heteroatoms. The van der Waals surface area contributed by atoms with E-state index in [1.54, 1.807) is 12.3 Å². The van der Waals surface area contributed by atoms with Crippen molar-refractivity contribution in [2.45, 2.75) is 68.9 Å². The smallest absolute Gasteiger partial charge is 0.326 e. The topological polar surface area (TPSA) is 193 Å². The Bertz CT molecular complexity index is 1320. The van der Waals surface area contributed by atoms with Crippen molar-refractivity contribution in [3.63, 3.8) is 0 Å². The number of unbranched alkanes of at least 4 members (excludes halogenated alkanes) is 4. The molecule has 0 aromatic carbocycles. The zero-order valence-electron chi connectivity index (χ0n) is 22.0. The van der Waals surface area contributed by atoms with Gasteiger partial charge in [-0.1, -0.05) is 36.1 Å². The number of carboxylic acid groups (broad SMARTS) is 1. The van der Waals surface area contributed by atoms with E-state index >= 15 is 0 Å². The highest BCUT2D eigenvalue weighted by Crippen LogP contribution is 2.28. The van der Waals surface area contributed by atoms with Crippen molar-refractivity contribution in [1.29, 1.82) is 0 Å². The molecular formula is C26H34N6O6S2. The number of H-pyrrole nitrogens is 2. The molecule has 3 aromatic rings. The first-order chi connectivity index (χ1) is 19.3. The van der Waals surface area contributed by atoms with E-state index in [-0.39, 0.29) is 43.3 Å². The highest BCUT2D eigenvalue weighted by Gasteiger charge is 2.21. The van der Waals surface area contributed by atoms with Crippen LogP contribution in [0, 0.1) is 0 Å². The summed E-state index contributed by atoms with van der Waals surface area (Å²) in [6, 6.07) is 6.26. The van der Waals surface area contributed by atoms with E-state index in [0.717, 1.165) is 42.8 Å². The minimum absolute atomic E-state index is 0.0303. The predicted molar refractivity (Wildman–Crippen MR) is 155 cm³/mol. The van der Waals surface area contributed by atoms with E-state index < -0.39 is 18.0 Å². The molecule has 0 saturated heterocycles. The lowest BCUT2D eigenvalue weighted by Crippen LogP contribution is -2.41. The maximum Gasteiger partial charge on any atom is 0.326 e. The van der Waals surface area contributed by atoms with Gasteiger partial charge in [0.25, 0.3) is 5.56 Å². The number of ether oxygens (including phenoxy) is 1. The number of rotatable bonds is 18. The van der Waals surface area contributed by atoms with Gasteiger partial charge < -0.3 is 25.9 Å². The second-order valence-electron chi connectivity index (χ2n) is 9.07. The minimum atomic E-state index is -1.18. The van der Waals surface area contributed by atoms with Crippen LogP contribution in [0.15, 0.2) is 40.3 Å². The third kappa shape index (κ3) is 10.9. The molecule has 3 aromatic heterocycles. The lowest BCUT2D eigenvalue weighted by molar-refractivity contribution is -0.145. The third-order valence-corrected chi connectivity index (χ3v) is 8.13. The summed E-state index contributed by atoms with van der Waals surface area (Å²) in [5.74, 6) is -1.38. The van der Waals surface area contributed by atoms with Crippen LogP contribution in [0.1, 0.15) is 57.1 Å². The lowest BCUT2D eigenvalue weighted by atomic mass is 10.1. The van der Waals surface area contributed by atoms with E-state index in [9.17, 15) is 24.3 Å². The van der Waals surface area contributed by atoms with Crippen molar-refractivity contribution in [1.82, 2.24) is 25.3 Å². The van der Waals surface area contributed by atoms with Crippen LogP contribution in [-0.4, -0.2) is 61.3 Å². The molecule has 1 atom stereocenters. The van der Waals surface area contributed by atoms with Crippen molar-refractivity contribution in [2.75, 3.05) is 18.1 Å². The zero-order chi connectivity index (χ0) is 28.7. The van der Waals surface area contributed by atoms with Crippen molar-refractivity contribution < 1.29 is 24.2 Å². The Balaban J connectivity index is 1.22. The number of carbonyl (C=O) groups excluding carboxylic acids is 2. The SMILES string of the molecule is Nc1nc2[nH]c(CCCCCCCC(=O)N[C@@H](CCC(=O)OCCSSc3ccccn3)C(=O)O)cc2c(=O)[nH]1. The molecule has 3 heterocycles. The summed E-state index contributed by atoms with van der Waals surface area (Å²) in [4.78, 5) is 61.5. The number of pyridine rings is 1. The van der Waals surface area contributed by atoms with E-state index in [4.69, 9.17) is 10.5 Å². The van der Waals surface area contributed by atoms with Gasteiger partial charge in [0, 0.05) is 30.5 Å². The van der Waals surface area contributed by atoms with E-state index in [1.807, 2.05) is 18.2 Å². The molecule has 0 fully saturated rings. The highest BCUT2D eigenvalue weighted by molar-refractivity contribution is 8.76. The summed E-state index contributed by atoms with van der Waals surface area (Å²) in [7, 11) is 2.99. The molecular weight excluding hydrogens is 556 g/mol. The van der Waals surface area contributed by atoms with Gasteiger partial charge >= 0.3 is 11.9 Å². The number of esters is 1. The third-order valence-electron chi connectivity index (χ3n) is 5.90. The summed E-state index contributed by atoms with van der Waals surface area (Å²) in [5.41, 5.74) is 6.69. The Hall–Kier alpha value is -3.52. The normalized spacial score (nSPS) is 11.8. The van der Waals surface area contributed by atoms with Crippen LogP contribution in [0.25, 0.3) is 11.0 Å². The van der Waals surface area contributed by atoms with Gasteiger partial charge in [0.2, 0.25) is 11.9 Å².